The Morgan fingerprint density at radius 2 is 1.56 bits per heavy atom. The summed E-state index contributed by atoms with van der Waals surface area (Å²) in [5.41, 5.74) is 0.794. The molecule has 36 heavy (non-hydrogen) atoms. The van der Waals surface area contributed by atoms with E-state index in [1.54, 1.807) is 48.5 Å². The Morgan fingerprint density at radius 3 is 2.17 bits per heavy atom. The lowest BCUT2D eigenvalue weighted by atomic mass is 10.2. The third-order valence-corrected chi connectivity index (χ3v) is 7.66. The number of amides is 1. The Balaban J connectivity index is 1.52. The van der Waals surface area contributed by atoms with Gasteiger partial charge in [-0.15, -0.1) is 0 Å². The van der Waals surface area contributed by atoms with Gasteiger partial charge in [-0.05, 0) is 105 Å². The number of hydrogen-bond donors (Lipinski definition) is 1. The van der Waals surface area contributed by atoms with Crippen molar-refractivity contribution in [2.24, 2.45) is 0 Å². The zero-order valence-electron chi connectivity index (χ0n) is 20.0. The fourth-order valence-electron chi connectivity index (χ4n) is 4.07. The summed E-state index contributed by atoms with van der Waals surface area (Å²) in [6, 6.07) is 17.9. The first kappa shape index (κ1) is 25.5. The zero-order chi connectivity index (χ0) is 25.5. The van der Waals surface area contributed by atoms with Gasteiger partial charge in [0.15, 0.2) is 0 Å². The Kier molecular flexibility index (Phi) is 8.10. The predicted octanol–water partition coefficient (Wildman–Crippen LogP) is 5.38. The number of halogens is 1. The molecule has 9 heteroatoms. The van der Waals surface area contributed by atoms with Crippen LogP contribution in [0.1, 0.15) is 32.6 Å². The predicted molar refractivity (Wildman–Crippen MR) is 136 cm³/mol. The minimum absolute atomic E-state index is 0.126. The van der Waals surface area contributed by atoms with Gasteiger partial charge in [0.2, 0.25) is 5.91 Å². The van der Waals surface area contributed by atoms with Crippen molar-refractivity contribution < 1.29 is 27.1 Å². The second-order valence-corrected chi connectivity index (χ2v) is 10.4. The summed E-state index contributed by atoms with van der Waals surface area (Å²) in [5, 5.41) is 2.74. The number of benzene rings is 3. The number of nitrogens with one attached hydrogen (secondary N) is 1. The Morgan fingerprint density at radius 1 is 0.944 bits per heavy atom. The molecule has 0 aliphatic heterocycles. The number of anilines is 2. The van der Waals surface area contributed by atoms with Crippen LogP contribution in [0.5, 0.6) is 11.5 Å². The van der Waals surface area contributed by atoms with Gasteiger partial charge < -0.3 is 14.8 Å². The first-order chi connectivity index (χ1) is 17.3. The maximum atomic E-state index is 13.4. The van der Waals surface area contributed by atoms with Crippen molar-refractivity contribution in [3.05, 3.63) is 78.6 Å². The van der Waals surface area contributed by atoms with Crippen LogP contribution in [0.4, 0.5) is 15.8 Å². The van der Waals surface area contributed by atoms with Crippen molar-refractivity contribution in [2.45, 2.75) is 43.6 Å². The molecule has 7 nitrogen and oxygen atoms in total. The second kappa shape index (κ2) is 11.4. The van der Waals surface area contributed by atoms with Crippen LogP contribution in [0.3, 0.4) is 0 Å². The summed E-state index contributed by atoms with van der Waals surface area (Å²) in [5.74, 6) is 0.221. The zero-order valence-corrected chi connectivity index (χ0v) is 20.8. The number of rotatable bonds is 10. The molecular weight excluding hydrogens is 483 g/mol. The number of carbonyl (C=O) groups is 1. The average Bonchev–Trinajstić information content (AvgIpc) is 3.38. The van der Waals surface area contributed by atoms with Crippen LogP contribution in [0.15, 0.2) is 77.7 Å². The van der Waals surface area contributed by atoms with Crippen LogP contribution >= 0.6 is 0 Å². The average molecular weight is 513 g/mol. The highest BCUT2D eigenvalue weighted by Gasteiger charge is 2.27. The van der Waals surface area contributed by atoms with Crippen molar-refractivity contribution in [1.82, 2.24) is 0 Å². The molecule has 1 fully saturated rings. The van der Waals surface area contributed by atoms with Crippen LogP contribution in [0.25, 0.3) is 0 Å². The Bertz CT molecular complexity index is 1260. The second-order valence-electron chi connectivity index (χ2n) is 8.49. The Hall–Kier alpha value is -3.59. The minimum Gasteiger partial charge on any atom is -0.494 e. The third kappa shape index (κ3) is 6.34. The van der Waals surface area contributed by atoms with E-state index in [2.05, 4.69) is 5.32 Å². The molecule has 0 radical (unpaired) electrons. The minimum atomic E-state index is -4.16. The molecular formula is C27H29FN2O5S. The van der Waals surface area contributed by atoms with Gasteiger partial charge >= 0.3 is 0 Å². The molecule has 0 spiro atoms. The first-order valence-electron chi connectivity index (χ1n) is 11.9. The third-order valence-electron chi connectivity index (χ3n) is 5.87. The van der Waals surface area contributed by atoms with Crippen molar-refractivity contribution >= 4 is 27.3 Å². The SMILES string of the molecule is CCOc1ccc(N(CC(=O)Nc2ccc(OC3CCCC3)cc2)S(=O)(=O)c2ccc(F)cc2)cc1. The molecule has 1 aliphatic carbocycles. The number of nitrogens with zero attached hydrogens (tertiary/aromatic N) is 1. The van der Waals surface area contributed by atoms with E-state index in [0.29, 0.717) is 18.0 Å². The summed E-state index contributed by atoms with van der Waals surface area (Å²) in [6.07, 6.45) is 4.66. The van der Waals surface area contributed by atoms with Gasteiger partial charge in [0, 0.05) is 5.69 Å². The summed E-state index contributed by atoms with van der Waals surface area (Å²) in [6.45, 7) is 1.83. The topological polar surface area (TPSA) is 84.9 Å². The fraction of sp³-hybridized carbons (Fsp3) is 0.296. The van der Waals surface area contributed by atoms with Gasteiger partial charge in [-0.3, -0.25) is 9.10 Å². The molecule has 0 aromatic heterocycles. The maximum absolute atomic E-state index is 13.4. The number of hydrogen-bond acceptors (Lipinski definition) is 5. The molecule has 3 aromatic rings. The van der Waals surface area contributed by atoms with Gasteiger partial charge in [0.05, 0.1) is 23.3 Å². The van der Waals surface area contributed by atoms with Gasteiger partial charge in [-0.1, -0.05) is 0 Å². The Labute approximate surface area is 210 Å². The van der Waals surface area contributed by atoms with Gasteiger partial charge in [0.1, 0.15) is 23.9 Å². The summed E-state index contributed by atoms with van der Waals surface area (Å²) < 4.78 is 52.6. The monoisotopic (exact) mass is 512 g/mol. The number of carbonyl (C=O) groups excluding carboxylic acids is 1. The molecule has 0 atom stereocenters. The van der Waals surface area contributed by atoms with Crippen molar-refractivity contribution in [3.8, 4) is 11.5 Å². The molecule has 3 aromatic carbocycles. The van der Waals surface area contributed by atoms with Crippen molar-refractivity contribution in [3.63, 3.8) is 0 Å². The van der Waals surface area contributed by atoms with E-state index in [1.165, 1.54) is 25.0 Å². The smallest absolute Gasteiger partial charge is 0.264 e. The maximum Gasteiger partial charge on any atom is 0.264 e. The molecule has 1 aliphatic rings. The van der Waals surface area contributed by atoms with Crippen LogP contribution in [0.2, 0.25) is 0 Å². The quantitative estimate of drug-likeness (QED) is 0.394. The first-order valence-corrected chi connectivity index (χ1v) is 13.4. The molecule has 1 N–H and O–H groups in total. The van der Waals surface area contributed by atoms with Crippen LogP contribution < -0.4 is 19.1 Å². The lowest BCUT2D eigenvalue weighted by molar-refractivity contribution is -0.114. The molecule has 190 valence electrons. The van der Waals surface area contributed by atoms with Crippen molar-refractivity contribution in [2.75, 3.05) is 22.8 Å². The van der Waals surface area contributed by atoms with E-state index in [0.717, 1.165) is 35.0 Å². The van der Waals surface area contributed by atoms with Crippen LogP contribution in [-0.4, -0.2) is 33.6 Å². The fourth-order valence-corrected chi connectivity index (χ4v) is 5.49. The molecule has 4 rings (SSSR count). The van der Waals surface area contributed by atoms with E-state index < -0.39 is 28.3 Å². The highest BCUT2D eigenvalue weighted by atomic mass is 32.2. The lowest BCUT2D eigenvalue weighted by Gasteiger charge is -2.24. The highest BCUT2D eigenvalue weighted by molar-refractivity contribution is 7.92. The van der Waals surface area contributed by atoms with E-state index >= 15 is 0 Å². The number of sulfonamides is 1. The lowest BCUT2D eigenvalue weighted by Crippen LogP contribution is -2.38. The summed E-state index contributed by atoms with van der Waals surface area (Å²) in [7, 11) is -4.16. The molecule has 0 unspecified atom stereocenters. The molecule has 0 heterocycles. The molecule has 0 bridgehead atoms. The van der Waals surface area contributed by atoms with Gasteiger partial charge in [-0.2, -0.15) is 0 Å². The van der Waals surface area contributed by atoms with E-state index in [-0.39, 0.29) is 16.7 Å². The van der Waals surface area contributed by atoms with E-state index in [4.69, 9.17) is 9.47 Å². The van der Waals surface area contributed by atoms with Crippen molar-refractivity contribution in [1.29, 1.82) is 0 Å². The molecule has 1 amide bonds. The van der Waals surface area contributed by atoms with E-state index in [1.807, 2.05) is 6.92 Å². The number of ether oxygens (including phenoxy) is 2. The normalized spacial score (nSPS) is 13.8. The summed E-state index contributed by atoms with van der Waals surface area (Å²) in [4.78, 5) is 12.8. The summed E-state index contributed by atoms with van der Waals surface area (Å²) >= 11 is 0. The molecule has 1 saturated carbocycles. The van der Waals surface area contributed by atoms with Gasteiger partial charge in [0.25, 0.3) is 10.0 Å². The largest absolute Gasteiger partial charge is 0.494 e. The standard InChI is InChI=1S/C27H29FN2O5S/c1-2-34-23-15-11-22(12-16-23)30(36(32,33)26-17-7-20(28)8-18-26)19-27(31)29-21-9-13-25(14-10-21)35-24-5-3-4-6-24/h7-18,24H,2-6,19H2,1H3,(H,29,31). The van der Waals surface area contributed by atoms with Crippen LogP contribution in [-0.2, 0) is 14.8 Å². The van der Waals surface area contributed by atoms with Crippen LogP contribution in [0, 0.1) is 5.82 Å². The molecule has 0 saturated heterocycles. The van der Waals surface area contributed by atoms with E-state index in [9.17, 15) is 17.6 Å². The van der Waals surface area contributed by atoms with Gasteiger partial charge in [-0.25, -0.2) is 12.8 Å². The highest BCUT2D eigenvalue weighted by Crippen LogP contribution is 2.27.